The number of nitrogens with zero attached hydrogens (tertiary/aromatic N) is 2. The van der Waals surface area contributed by atoms with Crippen molar-refractivity contribution in [2.75, 3.05) is 18.1 Å². The number of carbonyl (C=O) groups is 1. The Kier molecular flexibility index (Phi) is 4.08. The van der Waals surface area contributed by atoms with Gasteiger partial charge in [-0.3, -0.25) is 4.79 Å². The van der Waals surface area contributed by atoms with Crippen LogP contribution < -0.4 is 4.90 Å². The quantitative estimate of drug-likeness (QED) is 0.854. The maximum atomic E-state index is 13.3. The Labute approximate surface area is 164 Å². The van der Waals surface area contributed by atoms with Crippen LogP contribution in [0.3, 0.4) is 0 Å². The van der Waals surface area contributed by atoms with Crippen molar-refractivity contribution >= 4 is 21.6 Å². The molecule has 146 valence electrons. The van der Waals surface area contributed by atoms with E-state index in [9.17, 15) is 18.3 Å². The van der Waals surface area contributed by atoms with Crippen molar-refractivity contribution < 1.29 is 18.3 Å². The summed E-state index contributed by atoms with van der Waals surface area (Å²) in [6.07, 6.45) is 1.80. The Morgan fingerprint density at radius 3 is 2.39 bits per heavy atom. The van der Waals surface area contributed by atoms with Gasteiger partial charge in [0.25, 0.3) is 0 Å². The highest BCUT2D eigenvalue weighted by Gasteiger charge is 2.58. The third-order valence-electron chi connectivity index (χ3n) is 6.14. The second-order valence-electron chi connectivity index (χ2n) is 7.77. The van der Waals surface area contributed by atoms with Gasteiger partial charge >= 0.3 is 0 Å². The maximum absolute atomic E-state index is 13.3. The molecule has 2 heterocycles. The van der Waals surface area contributed by atoms with Crippen LogP contribution in [-0.4, -0.2) is 49.0 Å². The van der Waals surface area contributed by atoms with E-state index < -0.39 is 16.1 Å². The first kappa shape index (κ1) is 17.8. The number of carbonyl (C=O) groups excluding carboxylic acids is 1. The Morgan fingerprint density at radius 2 is 1.71 bits per heavy atom. The summed E-state index contributed by atoms with van der Waals surface area (Å²) in [7, 11) is -3.75. The molecule has 6 nitrogen and oxygen atoms in total. The standard InChI is InChI=1S/C21H22N2O4S/c24-13-19-20-16-8-4-5-9-17(16)22(21(25)14-10-11-14)12-18(20)23(19)28(26,27)15-6-2-1-3-7-15/h1-9,14,18-20,24H,10-13H2/t18-,19+,20+/m0/s1. The maximum Gasteiger partial charge on any atom is 0.243 e. The molecular weight excluding hydrogens is 376 g/mol. The minimum Gasteiger partial charge on any atom is -0.395 e. The number of amides is 1. The predicted molar refractivity (Wildman–Crippen MR) is 104 cm³/mol. The first-order valence-corrected chi connectivity index (χ1v) is 11.1. The van der Waals surface area contributed by atoms with Crippen LogP contribution in [0.5, 0.6) is 0 Å². The summed E-state index contributed by atoms with van der Waals surface area (Å²) < 4.78 is 28.0. The summed E-state index contributed by atoms with van der Waals surface area (Å²) in [6.45, 7) is 0.0811. The number of aliphatic hydroxyl groups is 1. The lowest BCUT2D eigenvalue weighted by Crippen LogP contribution is -2.70. The molecule has 0 radical (unpaired) electrons. The lowest BCUT2D eigenvalue weighted by molar-refractivity contribution is -0.120. The van der Waals surface area contributed by atoms with Crippen LogP contribution in [0.1, 0.15) is 24.3 Å². The van der Waals surface area contributed by atoms with Crippen LogP contribution in [0.25, 0.3) is 0 Å². The monoisotopic (exact) mass is 398 g/mol. The van der Waals surface area contributed by atoms with Crippen LogP contribution in [-0.2, 0) is 14.8 Å². The molecule has 3 atom stereocenters. The number of anilines is 1. The predicted octanol–water partition coefficient (Wildman–Crippen LogP) is 1.96. The summed E-state index contributed by atoms with van der Waals surface area (Å²) in [5, 5.41) is 10.0. The number of sulfonamides is 1. The summed E-state index contributed by atoms with van der Waals surface area (Å²) in [6, 6.07) is 15.1. The van der Waals surface area contributed by atoms with Gasteiger partial charge < -0.3 is 10.0 Å². The van der Waals surface area contributed by atoms with Gasteiger partial charge in [0, 0.05) is 24.1 Å². The van der Waals surface area contributed by atoms with Gasteiger partial charge in [-0.15, -0.1) is 0 Å². The van der Waals surface area contributed by atoms with E-state index in [4.69, 9.17) is 0 Å². The molecule has 0 aromatic heterocycles. The number of benzene rings is 2. The van der Waals surface area contributed by atoms with Crippen LogP contribution in [0, 0.1) is 5.92 Å². The fourth-order valence-electron chi connectivity index (χ4n) is 4.65. The van der Waals surface area contributed by atoms with Crippen molar-refractivity contribution in [1.82, 2.24) is 4.31 Å². The summed E-state index contributed by atoms with van der Waals surface area (Å²) in [5.41, 5.74) is 1.81. The zero-order valence-corrected chi connectivity index (χ0v) is 16.1. The molecule has 3 aliphatic rings. The highest BCUT2D eigenvalue weighted by atomic mass is 32.2. The van der Waals surface area contributed by atoms with E-state index in [1.54, 1.807) is 35.2 Å². The topological polar surface area (TPSA) is 77.9 Å². The summed E-state index contributed by atoms with van der Waals surface area (Å²) in [5.74, 6) is 0.0239. The molecule has 2 aromatic rings. The van der Waals surface area contributed by atoms with Crippen molar-refractivity contribution in [1.29, 1.82) is 0 Å². The van der Waals surface area contributed by atoms with Crippen molar-refractivity contribution in [2.24, 2.45) is 5.92 Å². The average Bonchev–Trinajstić information content (AvgIpc) is 3.53. The van der Waals surface area contributed by atoms with Gasteiger partial charge in [0.1, 0.15) is 0 Å². The second kappa shape index (κ2) is 6.40. The van der Waals surface area contributed by atoms with Gasteiger partial charge in [-0.2, -0.15) is 4.31 Å². The molecule has 1 saturated heterocycles. The van der Waals surface area contributed by atoms with Gasteiger partial charge in [-0.1, -0.05) is 36.4 Å². The number of hydrogen-bond donors (Lipinski definition) is 1. The van der Waals surface area contributed by atoms with Crippen molar-refractivity contribution in [3.05, 3.63) is 60.2 Å². The van der Waals surface area contributed by atoms with Crippen molar-refractivity contribution in [3.63, 3.8) is 0 Å². The van der Waals surface area contributed by atoms with Crippen LogP contribution in [0.15, 0.2) is 59.5 Å². The van der Waals surface area contributed by atoms with Gasteiger partial charge in [0.2, 0.25) is 15.9 Å². The van der Waals surface area contributed by atoms with Crippen LogP contribution in [0.2, 0.25) is 0 Å². The summed E-state index contributed by atoms with van der Waals surface area (Å²) in [4.78, 5) is 14.9. The molecule has 1 saturated carbocycles. The molecule has 2 fully saturated rings. The largest absolute Gasteiger partial charge is 0.395 e. The fraction of sp³-hybridized carbons (Fsp3) is 0.381. The molecule has 5 rings (SSSR count). The first-order valence-electron chi connectivity index (χ1n) is 9.64. The van der Waals surface area contributed by atoms with E-state index >= 15 is 0 Å². The first-order chi connectivity index (χ1) is 13.5. The lowest BCUT2D eigenvalue weighted by Gasteiger charge is -2.57. The Morgan fingerprint density at radius 1 is 1.04 bits per heavy atom. The lowest BCUT2D eigenvalue weighted by atomic mass is 9.74. The third kappa shape index (κ3) is 2.53. The normalized spacial score (nSPS) is 26.9. The molecule has 1 N–H and O–H groups in total. The molecule has 1 amide bonds. The highest BCUT2D eigenvalue weighted by Crippen LogP contribution is 2.51. The number of rotatable bonds is 4. The number of fused-ring (bicyclic) bond motifs is 3. The molecule has 2 aliphatic heterocycles. The van der Waals surface area contributed by atoms with Crippen molar-refractivity contribution in [2.45, 2.75) is 35.7 Å². The zero-order valence-electron chi connectivity index (χ0n) is 15.3. The fourth-order valence-corrected chi connectivity index (χ4v) is 6.50. The second-order valence-corrected chi connectivity index (χ2v) is 9.62. The van der Waals surface area contributed by atoms with E-state index in [0.29, 0.717) is 6.54 Å². The van der Waals surface area contributed by atoms with Gasteiger partial charge in [0.05, 0.1) is 23.6 Å². The molecule has 0 bridgehead atoms. The van der Waals surface area contributed by atoms with E-state index in [-0.39, 0.29) is 35.3 Å². The third-order valence-corrected chi connectivity index (χ3v) is 8.10. The van der Waals surface area contributed by atoms with Gasteiger partial charge in [-0.05, 0) is 36.6 Å². The molecule has 0 spiro atoms. The molecular formula is C21H22N2O4S. The molecule has 2 aromatic carbocycles. The van der Waals surface area contributed by atoms with Gasteiger partial charge in [-0.25, -0.2) is 8.42 Å². The Bertz CT molecular complexity index is 1020. The van der Waals surface area contributed by atoms with E-state index in [2.05, 4.69) is 0 Å². The molecule has 7 heteroatoms. The van der Waals surface area contributed by atoms with Crippen LogP contribution >= 0.6 is 0 Å². The molecule has 28 heavy (non-hydrogen) atoms. The molecule has 1 aliphatic carbocycles. The zero-order chi connectivity index (χ0) is 19.5. The SMILES string of the molecule is O=C(C1CC1)N1C[C@H]2[C@@H](c3ccccc31)[C@@H](CO)N2S(=O)(=O)c1ccccc1. The minimum atomic E-state index is -3.75. The number of hydrogen-bond acceptors (Lipinski definition) is 4. The Balaban J connectivity index is 1.57. The van der Waals surface area contributed by atoms with Crippen LogP contribution in [0.4, 0.5) is 5.69 Å². The van der Waals surface area contributed by atoms with E-state index in [1.807, 2.05) is 24.3 Å². The smallest absolute Gasteiger partial charge is 0.243 e. The molecule has 0 unspecified atom stereocenters. The van der Waals surface area contributed by atoms with Gasteiger partial charge in [0.15, 0.2) is 0 Å². The number of para-hydroxylation sites is 1. The van der Waals surface area contributed by atoms with E-state index in [1.165, 1.54) is 4.31 Å². The Hall–Kier alpha value is -2.22. The van der Waals surface area contributed by atoms with E-state index in [0.717, 1.165) is 24.1 Å². The highest BCUT2D eigenvalue weighted by molar-refractivity contribution is 7.89. The minimum absolute atomic E-state index is 0.0532. The average molecular weight is 398 g/mol. The van der Waals surface area contributed by atoms with Crippen molar-refractivity contribution in [3.8, 4) is 0 Å². The number of aliphatic hydroxyl groups excluding tert-OH is 1. The summed E-state index contributed by atoms with van der Waals surface area (Å²) >= 11 is 0.